The molecular formula is C19H18FN3S. The number of hydrogen-bond acceptors (Lipinski definition) is 3. The average Bonchev–Trinajstić information content (AvgIpc) is 3.15. The number of halogens is 1. The van der Waals surface area contributed by atoms with Gasteiger partial charge in [-0.2, -0.15) is 0 Å². The molecule has 1 aliphatic rings. The van der Waals surface area contributed by atoms with Crippen molar-refractivity contribution in [3.05, 3.63) is 78.1 Å². The molecule has 0 aliphatic carbocycles. The van der Waals surface area contributed by atoms with Gasteiger partial charge >= 0.3 is 0 Å². The summed E-state index contributed by atoms with van der Waals surface area (Å²) < 4.78 is 15.5. The Kier molecular flexibility index (Phi) is 4.36. The van der Waals surface area contributed by atoms with Crippen LogP contribution in [-0.2, 0) is 6.54 Å². The lowest BCUT2D eigenvalue weighted by molar-refractivity contribution is 0.504. The summed E-state index contributed by atoms with van der Waals surface area (Å²) in [5.74, 6) is 0.906. The van der Waals surface area contributed by atoms with E-state index in [-0.39, 0.29) is 11.9 Å². The van der Waals surface area contributed by atoms with E-state index < -0.39 is 0 Å². The van der Waals surface area contributed by atoms with Gasteiger partial charge in [0, 0.05) is 35.6 Å². The predicted molar refractivity (Wildman–Crippen MR) is 94.9 cm³/mol. The summed E-state index contributed by atoms with van der Waals surface area (Å²) in [5, 5.41) is 3.58. The number of fused-ring (bicyclic) bond motifs is 1. The van der Waals surface area contributed by atoms with E-state index >= 15 is 0 Å². The van der Waals surface area contributed by atoms with Crippen molar-refractivity contribution in [3.63, 3.8) is 0 Å². The van der Waals surface area contributed by atoms with Crippen LogP contribution in [0.5, 0.6) is 0 Å². The number of nitrogens with zero attached hydrogens (tertiary/aromatic N) is 2. The first-order valence-electron chi connectivity index (χ1n) is 8.02. The maximum Gasteiger partial charge on any atom is 0.123 e. The third kappa shape index (κ3) is 3.23. The molecule has 0 amide bonds. The van der Waals surface area contributed by atoms with E-state index in [1.165, 1.54) is 10.5 Å². The minimum atomic E-state index is -0.160. The second kappa shape index (κ2) is 6.79. The zero-order chi connectivity index (χ0) is 16.4. The summed E-state index contributed by atoms with van der Waals surface area (Å²) in [5.41, 5.74) is 3.40. The second-order valence-corrected chi connectivity index (χ2v) is 7.03. The maximum absolute atomic E-state index is 13.6. The molecule has 0 radical (unpaired) electrons. The lowest BCUT2D eigenvalue weighted by Crippen LogP contribution is -2.24. The monoisotopic (exact) mass is 339 g/mol. The summed E-state index contributed by atoms with van der Waals surface area (Å²) in [6.07, 6.45) is 6.51. The zero-order valence-corrected chi connectivity index (χ0v) is 14.0. The van der Waals surface area contributed by atoms with E-state index in [1.54, 1.807) is 24.7 Å². The van der Waals surface area contributed by atoms with Crippen LogP contribution in [0.15, 0.2) is 66.1 Å². The highest BCUT2D eigenvalue weighted by Gasteiger charge is 2.20. The Balaban J connectivity index is 1.45. The molecule has 3 aromatic rings. The quantitative estimate of drug-likeness (QED) is 0.767. The summed E-state index contributed by atoms with van der Waals surface area (Å²) in [6.45, 7) is 0.773. The molecule has 0 saturated carbocycles. The van der Waals surface area contributed by atoms with Crippen molar-refractivity contribution in [1.82, 2.24) is 14.9 Å². The summed E-state index contributed by atoms with van der Waals surface area (Å²) in [6, 6.07) is 13.7. The number of aromatic nitrogens is 2. The van der Waals surface area contributed by atoms with Crippen LogP contribution < -0.4 is 5.32 Å². The summed E-state index contributed by atoms with van der Waals surface area (Å²) in [4.78, 5) is 5.26. The Morgan fingerprint density at radius 3 is 2.88 bits per heavy atom. The minimum Gasteiger partial charge on any atom is -0.306 e. The Hall–Kier alpha value is -2.11. The normalized spacial score (nSPS) is 16.8. The molecular weight excluding hydrogens is 321 g/mol. The molecule has 5 heteroatoms. The topological polar surface area (TPSA) is 29.9 Å². The molecule has 0 bridgehead atoms. The van der Waals surface area contributed by atoms with Crippen molar-refractivity contribution in [2.45, 2.75) is 23.9 Å². The fraction of sp³-hybridized carbons (Fsp3) is 0.211. The van der Waals surface area contributed by atoms with Crippen LogP contribution in [0.4, 0.5) is 4.39 Å². The molecule has 1 N–H and O–H groups in total. The SMILES string of the molecule is Fc1ccc2c(c1)C(NCc1ccc(-n3ccnc3)cc1)CCS2. The van der Waals surface area contributed by atoms with Gasteiger partial charge in [-0.15, -0.1) is 11.8 Å². The highest BCUT2D eigenvalue weighted by molar-refractivity contribution is 7.99. The standard InChI is InChI=1S/C19H18FN3S/c20-15-3-6-19-17(11-15)18(7-10-24-19)22-12-14-1-4-16(5-2-14)23-9-8-21-13-23/h1-6,8-9,11,13,18,22H,7,10,12H2. The average molecular weight is 339 g/mol. The fourth-order valence-electron chi connectivity index (χ4n) is 3.02. The van der Waals surface area contributed by atoms with Gasteiger partial charge in [-0.05, 0) is 53.6 Å². The predicted octanol–water partition coefficient (Wildman–Crippen LogP) is 4.34. The van der Waals surface area contributed by atoms with Crippen molar-refractivity contribution in [3.8, 4) is 5.69 Å². The van der Waals surface area contributed by atoms with Crippen LogP contribution in [0.1, 0.15) is 23.6 Å². The molecule has 4 rings (SSSR count). The van der Waals surface area contributed by atoms with Crippen LogP contribution in [0.2, 0.25) is 0 Å². The van der Waals surface area contributed by atoms with E-state index in [0.717, 1.165) is 30.0 Å². The second-order valence-electron chi connectivity index (χ2n) is 5.89. The Bertz CT molecular complexity index is 815. The fourth-order valence-corrected chi connectivity index (χ4v) is 4.12. The van der Waals surface area contributed by atoms with E-state index in [0.29, 0.717) is 0 Å². The van der Waals surface area contributed by atoms with Gasteiger partial charge in [0.15, 0.2) is 0 Å². The molecule has 24 heavy (non-hydrogen) atoms. The zero-order valence-electron chi connectivity index (χ0n) is 13.2. The largest absolute Gasteiger partial charge is 0.306 e. The maximum atomic E-state index is 13.6. The van der Waals surface area contributed by atoms with E-state index in [4.69, 9.17) is 0 Å². The number of imidazole rings is 1. The van der Waals surface area contributed by atoms with Crippen molar-refractivity contribution >= 4 is 11.8 Å². The third-order valence-electron chi connectivity index (χ3n) is 4.30. The van der Waals surface area contributed by atoms with Gasteiger partial charge in [0.2, 0.25) is 0 Å². The Morgan fingerprint density at radius 2 is 2.08 bits per heavy atom. The summed E-state index contributed by atoms with van der Waals surface area (Å²) >= 11 is 1.81. The van der Waals surface area contributed by atoms with Crippen LogP contribution in [0.3, 0.4) is 0 Å². The first-order chi connectivity index (χ1) is 11.8. The molecule has 1 aromatic heterocycles. The van der Waals surface area contributed by atoms with E-state index in [9.17, 15) is 4.39 Å². The van der Waals surface area contributed by atoms with Gasteiger partial charge in [0.1, 0.15) is 5.82 Å². The van der Waals surface area contributed by atoms with Gasteiger partial charge in [0.25, 0.3) is 0 Å². The van der Waals surface area contributed by atoms with Crippen LogP contribution in [-0.4, -0.2) is 15.3 Å². The van der Waals surface area contributed by atoms with Gasteiger partial charge in [0.05, 0.1) is 6.33 Å². The minimum absolute atomic E-state index is 0.160. The molecule has 0 fully saturated rings. The van der Waals surface area contributed by atoms with Crippen molar-refractivity contribution < 1.29 is 4.39 Å². The lowest BCUT2D eigenvalue weighted by Gasteiger charge is -2.26. The molecule has 0 saturated heterocycles. The molecule has 122 valence electrons. The van der Waals surface area contributed by atoms with Gasteiger partial charge < -0.3 is 9.88 Å². The van der Waals surface area contributed by atoms with Crippen molar-refractivity contribution in [2.24, 2.45) is 0 Å². The number of benzene rings is 2. The van der Waals surface area contributed by atoms with Crippen LogP contribution >= 0.6 is 11.8 Å². The Labute approximate surface area is 144 Å². The number of nitrogens with one attached hydrogen (secondary N) is 1. The Morgan fingerprint density at radius 1 is 1.21 bits per heavy atom. The van der Waals surface area contributed by atoms with Crippen molar-refractivity contribution in [2.75, 3.05) is 5.75 Å². The molecule has 1 atom stereocenters. The van der Waals surface area contributed by atoms with Gasteiger partial charge in [-0.3, -0.25) is 0 Å². The first kappa shape index (κ1) is 15.4. The molecule has 2 aromatic carbocycles. The third-order valence-corrected chi connectivity index (χ3v) is 5.43. The molecule has 3 nitrogen and oxygen atoms in total. The van der Waals surface area contributed by atoms with Gasteiger partial charge in [-0.1, -0.05) is 12.1 Å². The number of rotatable bonds is 4. The van der Waals surface area contributed by atoms with Crippen LogP contribution in [0, 0.1) is 5.82 Å². The smallest absolute Gasteiger partial charge is 0.123 e. The first-order valence-corrected chi connectivity index (χ1v) is 9.01. The summed E-state index contributed by atoms with van der Waals surface area (Å²) in [7, 11) is 0. The van der Waals surface area contributed by atoms with Crippen LogP contribution in [0.25, 0.3) is 5.69 Å². The molecule has 0 spiro atoms. The molecule has 1 aliphatic heterocycles. The van der Waals surface area contributed by atoms with E-state index in [2.05, 4.69) is 34.6 Å². The molecule has 1 unspecified atom stereocenters. The van der Waals surface area contributed by atoms with Crippen molar-refractivity contribution in [1.29, 1.82) is 0 Å². The number of thioether (sulfide) groups is 1. The van der Waals surface area contributed by atoms with Gasteiger partial charge in [-0.25, -0.2) is 9.37 Å². The number of hydrogen-bond donors (Lipinski definition) is 1. The highest BCUT2D eigenvalue weighted by Crippen LogP contribution is 2.36. The van der Waals surface area contributed by atoms with E-state index in [1.807, 2.05) is 28.6 Å². The lowest BCUT2D eigenvalue weighted by atomic mass is 10.0. The highest BCUT2D eigenvalue weighted by atomic mass is 32.2. The molecule has 2 heterocycles.